The number of aromatic nitrogens is 1. The van der Waals surface area contributed by atoms with Crippen molar-refractivity contribution >= 4 is 43.3 Å². The summed E-state index contributed by atoms with van der Waals surface area (Å²) in [5.41, 5.74) is 0. The van der Waals surface area contributed by atoms with Gasteiger partial charge >= 0.3 is 6.03 Å². The summed E-state index contributed by atoms with van der Waals surface area (Å²) in [5.74, 6) is 0.399. The number of carbonyl (C=O) groups excluding carboxylic acids is 1. The standard InChI is InChI=1S/C11H13N3O3S2/c1-19(16,17)7-6-12-11(15)13-10-8-4-2-3-5-9(8)18-14-10/h2-5H,6-7H2,1H3,(H2,12,13,14,15). The molecule has 1 aromatic heterocycles. The van der Waals surface area contributed by atoms with Crippen molar-refractivity contribution in [3.63, 3.8) is 0 Å². The van der Waals surface area contributed by atoms with Gasteiger partial charge in [-0.15, -0.1) is 0 Å². The van der Waals surface area contributed by atoms with Crippen LogP contribution in [0, 0.1) is 0 Å². The molecule has 102 valence electrons. The number of anilines is 1. The molecule has 8 heteroatoms. The van der Waals surface area contributed by atoms with Crippen LogP contribution in [0.3, 0.4) is 0 Å². The molecule has 0 bridgehead atoms. The van der Waals surface area contributed by atoms with E-state index in [0.29, 0.717) is 5.82 Å². The molecule has 2 aromatic rings. The van der Waals surface area contributed by atoms with Crippen molar-refractivity contribution in [2.75, 3.05) is 23.9 Å². The number of sulfone groups is 1. The lowest BCUT2D eigenvalue weighted by molar-refractivity contribution is 0.252. The zero-order chi connectivity index (χ0) is 13.9. The molecule has 0 atom stereocenters. The predicted molar refractivity (Wildman–Crippen MR) is 76.4 cm³/mol. The molecular formula is C11H13N3O3S2. The van der Waals surface area contributed by atoms with Gasteiger partial charge < -0.3 is 5.32 Å². The highest BCUT2D eigenvalue weighted by Crippen LogP contribution is 2.25. The number of nitrogens with zero attached hydrogens (tertiary/aromatic N) is 1. The molecule has 2 rings (SSSR count). The Morgan fingerprint density at radius 3 is 2.84 bits per heavy atom. The van der Waals surface area contributed by atoms with Crippen LogP contribution in [0.2, 0.25) is 0 Å². The normalized spacial score (nSPS) is 11.4. The highest BCUT2D eigenvalue weighted by molar-refractivity contribution is 7.90. The molecule has 0 saturated carbocycles. The topological polar surface area (TPSA) is 88.2 Å². The molecular weight excluding hydrogens is 286 g/mol. The number of urea groups is 1. The Morgan fingerprint density at radius 2 is 2.11 bits per heavy atom. The molecule has 0 spiro atoms. The molecule has 0 aliphatic carbocycles. The summed E-state index contributed by atoms with van der Waals surface area (Å²) in [6, 6.07) is 7.09. The average molecular weight is 299 g/mol. The summed E-state index contributed by atoms with van der Waals surface area (Å²) in [6.45, 7) is 0.0761. The number of carbonyl (C=O) groups is 1. The maximum Gasteiger partial charge on any atom is 0.320 e. The second-order valence-corrected chi connectivity index (χ2v) is 7.10. The summed E-state index contributed by atoms with van der Waals surface area (Å²) >= 11 is 1.30. The van der Waals surface area contributed by atoms with Gasteiger partial charge in [-0.05, 0) is 23.7 Å². The maximum atomic E-state index is 11.6. The SMILES string of the molecule is CS(=O)(=O)CCNC(=O)Nc1nsc2ccccc12. The second kappa shape index (κ2) is 5.54. The van der Waals surface area contributed by atoms with Gasteiger partial charge in [0, 0.05) is 18.2 Å². The number of fused-ring (bicyclic) bond motifs is 1. The van der Waals surface area contributed by atoms with E-state index in [1.165, 1.54) is 11.5 Å². The Bertz CT molecular complexity index is 694. The summed E-state index contributed by atoms with van der Waals surface area (Å²) < 4.78 is 27.0. The van der Waals surface area contributed by atoms with Crippen LogP contribution >= 0.6 is 11.5 Å². The van der Waals surface area contributed by atoms with Crippen molar-refractivity contribution in [1.82, 2.24) is 9.69 Å². The Balaban J connectivity index is 1.96. The van der Waals surface area contributed by atoms with E-state index < -0.39 is 15.9 Å². The lowest BCUT2D eigenvalue weighted by Crippen LogP contribution is -2.32. The van der Waals surface area contributed by atoms with Crippen LogP contribution in [0.4, 0.5) is 10.6 Å². The van der Waals surface area contributed by atoms with Crippen LogP contribution in [0.5, 0.6) is 0 Å². The summed E-state index contributed by atoms with van der Waals surface area (Å²) in [4.78, 5) is 11.6. The number of hydrogen-bond acceptors (Lipinski definition) is 5. The van der Waals surface area contributed by atoms with Crippen LogP contribution in [0.1, 0.15) is 0 Å². The van der Waals surface area contributed by atoms with Crippen LogP contribution in [-0.2, 0) is 9.84 Å². The van der Waals surface area contributed by atoms with E-state index in [9.17, 15) is 13.2 Å². The van der Waals surface area contributed by atoms with Crippen molar-refractivity contribution < 1.29 is 13.2 Å². The minimum absolute atomic E-state index is 0.0761. The zero-order valence-electron chi connectivity index (χ0n) is 10.2. The highest BCUT2D eigenvalue weighted by atomic mass is 32.2. The quantitative estimate of drug-likeness (QED) is 0.894. The molecule has 19 heavy (non-hydrogen) atoms. The third-order valence-corrected chi connectivity index (χ3v) is 4.14. The third-order valence-electron chi connectivity index (χ3n) is 2.37. The Morgan fingerprint density at radius 1 is 1.37 bits per heavy atom. The first-order valence-electron chi connectivity index (χ1n) is 5.53. The third kappa shape index (κ3) is 3.90. The van der Waals surface area contributed by atoms with Gasteiger partial charge in [0.1, 0.15) is 9.84 Å². The first-order chi connectivity index (χ1) is 8.96. The largest absolute Gasteiger partial charge is 0.337 e. The molecule has 2 N–H and O–H groups in total. The smallest absolute Gasteiger partial charge is 0.320 e. The number of rotatable bonds is 4. The minimum atomic E-state index is -3.07. The Kier molecular flexibility index (Phi) is 4.01. The fourth-order valence-electron chi connectivity index (χ4n) is 1.48. The van der Waals surface area contributed by atoms with Crippen LogP contribution in [0.25, 0.3) is 10.1 Å². The lowest BCUT2D eigenvalue weighted by atomic mass is 10.3. The summed E-state index contributed by atoms with van der Waals surface area (Å²) in [7, 11) is -3.07. The summed E-state index contributed by atoms with van der Waals surface area (Å²) in [5, 5.41) is 5.95. The fraction of sp³-hybridized carbons (Fsp3) is 0.273. The molecule has 0 aliphatic rings. The van der Waals surface area contributed by atoms with E-state index in [4.69, 9.17) is 0 Å². The zero-order valence-corrected chi connectivity index (χ0v) is 11.8. The minimum Gasteiger partial charge on any atom is -0.337 e. The van der Waals surface area contributed by atoms with Gasteiger partial charge in [-0.25, -0.2) is 13.2 Å². The molecule has 0 saturated heterocycles. The van der Waals surface area contributed by atoms with E-state index in [-0.39, 0.29) is 12.3 Å². The van der Waals surface area contributed by atoms with Crippen molar-refractivity contribution in [3.8, 4) is 0 Å². The number of amides is 2. The van der Waals surface area contributed by atoms with Gasteiger partial charge in [0.15, 0.2) is 5.82 Å². The molecule has 2 amide bonds. The van der Waals surface area contributed by atoms with Gasteiger partial charge in [0.2, 0.25) is 0 Å². The van der Waals surface area contributed by atoms with E-state index in [2.05, 4.69) is 15.0 Å². The highest BCUT2D eigenvalue weighted by Gasteiger charge is 2.09. The molecule has 0 radical (unpaired) electrons. The van der Waals surface area contributed by atoms with Crippen molar-refractivity contribution in [1.29, 1.82) is 0 Å². The lowest BCUT2D eigenvalue weighted by Gasteiger charge is -2.05. The van der Waals surface area contributed by atoms with Gasteiger partial charge in [-0.1, -0.05) is 12.1 Å². The Hall–Kier alpha value is -1.67. The van der Waals surface area contributed by atoms with Crippen LogP contribution in [0.15, 0.2) is 24.3 Å². The van der Waals surface area contributed by atoms with Gasteiger partial charge in [-0.2, -0.15) is 4.37 Å². The molecule has 0 aliphatic heterocycles. The fourth-order valence-corrected chi connectivity index (χ4v) is 2.69. The van der Waals surface area contributed by atoms with Gasteiger partial charge in [-0.3, -0.25) is 5.32 Å². The monoisotopic (exact) mass is 299 g/mol. The Labute approximate surface area is 114 Å². The average Bonchev–Trinajstić information content (AvgIpc) is 2.71. The van der Waals surface area contributed by atoms with Crippen molar-refractivity contribution in [3.05, 3.63) is 24.3 Å². The maximum absolute atomic E-state index is 11.6. The van der Waals surface area contributed by atoms with E-state index >= 15 is 0 Å². The number of hydrogen-bond donors (Lipinski definition) is 2. The molecule has 0 fully saturated rings. The molecule has 0 unspecified atom stereocenters. The predicted octanol–water partition coefficient (Wildman–Crippen LogP) is 1.46. The second-order valence-electron chi connectivity index (χ2n) is 4.04. The van der Waals surface area contributed by atoms with E-state index in [1.54, 1.807) is 0 Å². The van der Waals surface area contributed by atoms with Gasteiger partial charge in [0.05, 0.1) is 10.5 Å². The van der Waals surface area contributed by atoms with Crippen LogP contribution < -0.4 is 10.6 Å². The van der Waals surface area contributed by atoms with Crippen LogP contribution in [-0.4, -0.2) is 37.4 Å². The molecule has 6 nitrogen and oxygen atoms in total. The summed E-state index contributed by atoms with van der Waals surface area (Å²) in [6.07, 6.45) is 1.13. The van der Waals surface area contributed by atoms with Crippen molar-refractivity contribution in [2.24, 2.45) is 0 Å². The number of benzene rings is 1. The molecule has 1 aromatic carbocycles. The van der Waals surface area contributed by atoms with E-state index in [1.807, 2.05) is 24.3 Å². The first kappa shape index (κ1) is 13.8. The number of nitrogens with one attached hydrogen (secondary N) is 2. The first-order valence-corrected chi connectivity index (χ1v) is 8.36. The molecule has 1 heterocycles. The van der Waals surface area contributed by atoms with Crippen molar-refractivity contribution in [2.45, 2.75) is 0 Å². The van der Waals surface area contributed by atoms with Gasteiger partial charge in [0.25, 0.3) is 0 Å². The van der Waals surface area contributed by atoms with E-state index in [0.717, 1.165) is 16.3 Å².